The van der Waals surface area contributed by atoms with Gasteiger partial charge in [0.2, 0.25) is 0 Å². The maximum absolute atomic E-state index is 4.48. The number of H-pyrrole nitrogens is 1. The molecule has 0 bridgehead atoms. The van der Waals surface area contributed by atoms with Crippen LogP contribution in [0, 0.1) is 6.92 Å². The molecule has 0 atom stereocenters. The molecule has 0 saturated carbocycles. The molecule has 24 heavy (non-hydrogen) atoms. The van der Waals surface area contributed by atoms with Crippen LogP contribution in [0.1, 0.15) is 33.3 Å². The van der Waals surface area contributed by atoms with Gasteiger partial charge in [-0.3, -0.25) is 4.90 Å². The molecule has 0 saturated heterocycles. The van der Waals surface area contributed by atoms with E-state index in [1.807, 2.05) is 0 Å². The van der Waals surface area contributed by atoms with E-state index in [2.05, 4.69) is 78.0 Å². The van der Waals surface area contributed by atoms with E-state index in [1.165, 1.54) is 5.56 Å². The van der Waals surface area contributed by atoms with Gasteiger partial charge in [-0.25, -0.2) is 9.97 Å². The Balaban J connectivity index is 1.84. The molecular weight excluding hydrogens is 298 g/mol. The van der Waals surface area contributed by atoms with Gasteiger partial charge in [0.05, 0.1) is 0 Å². The third kappa shape index (κ3) is 3.22. The van der Waals surface area contributed by atoms with E-state index in [0.717, 1.165) is 40.8 Å². The maximum Gasteiger partial charge on any atom is 0.153 e. The zero-order chi connectivity index (χ0) is 17.3. The van der Waals surface area contributed by atoms with Crippen molar-refractivity contribution in [2.75, 3.05) is 18.4 Å². The Morgan fingerprint density at radius 1 is 1.12 bits per heavy atom. The molecule has 2 N–H and O–H groups in total. The minimum absolute atomic E-state index is 0.535. The lowest BCUT2D eigenvalue weighted by atomic mass is 10.1. The smallest absolute Gasteiger partial charge is 0.153 e. The SMILES string of the molecule is Cc1ccc2[nH]c3c(NCCN(C(C)C)C(C)C)ncnc3c2c1. The number of aromatic nitrogens is 3. The number of aromatic amines is 1. The van der Waals surface area contributed by atoms with E-state index in [0.29, 0.717) is 12.1 Å². The number of benzene rings is 1. The van der Waals surface area contributed by atoms with Crippen molar-refractivity contribution in [1.82, 2.24) is 19.9 Å². The number of rotatable bonds is 6. The average Bonchev–Trinajstić information content (AvgIpc) is 2.89. The van der Waals surface area contributed by atoms with Crippen LogP contribution < -0.4 is 5.32 Å². The van der Waals surface area contributed by atoms with Crippen LogP contribution in [-0.4, -0.2) is 45.0 Å². The van der Waals surface area contributed by atoms with E-state index in [1.54, 1.807) is 6.33 Å². The largest absolute Gasteiger partial charge is 0.367 e. The standard InChI is InChI=1S/C19H27N5/c1-12(2)24(13(3)4)9-8-20-19-18-17(21-11-22-19)15-10-14(5)6-7-16(15)23-18/h6-7,10-13,23H,8-9H2,1-5H3,(H,20,21,22). The van der Waals surface area contributed by atoms with Crippen LogP contribution in [-0.2, 0) is 0 Å². The molecule has 2 aromatic heterocycles. The first kappa shape index (κ1) is 16.7. The Hall–Kier alpha value is -2.14. The van der Waals surface area contributed by atoms with Gasteiger partial charge in [-0.2, -0.15) is 0 Å². The molecule has 0 fully saturated rings. The second kappa shape index (κ2) is 6.77. The van der Waals surface area contributed by atoms with Crippen LogP contribution in [0.25, 0.3) is 21.9 Å². The molecule has 2 heterocycles. The van der Waals surface area contributed by atoms with Gasteiger partial charge in [0.25, 0.3) is 0 Å². The molecule has 0 aliphatic rings. The third-order valence-corrected chi connectivity index (χ3v) is 4.53. The zero-order valence-electron chi connectivity index (χ0n) is 15.2. The van der Waals surface area contributed by atoms with Crippen LogP contribution in [0.5, 0.6) is 0 Å². The molecule has 3 aromatic rings. The Morgan fingerprint density at radius 3 is 2.58 bits per heavy atom. The molecule has 128 valence electrons. The predicted octanol–water partition coefficient (Wildman–Crippen LogP) is 3.95. The number of nitrogens with zero attached hydrogens (tertiary/aromatic N) is 3. The highest BCUT2D eigenvalue weighted by Crippen LogP contribution is 2.27. The molecule has 3 rings (SSSR count). The van der Waals surface area contributed by atoms with Gasteiger partial charge in [-0.05, 0) is 46.8 Å². The fraction of sp³-hybridized carbons (Fsp3) is 0.474. The summed E-state index contributed by atoms with van der Waals surface area (Å²) >= 11 is 0. The fourth-order valence-corrected chi connectivity index (χ4v) is 3.36. The quantitative estimate of drug-likeness (QED) is 0.720. The molecular formula is C19H27N5. The van der Waals surface area contributed by atoms with Gasteiger partial charge in [0, 0.05) is 36.1 Å². The number of hydrogen-bond acceptors (Lipinski definition) is 4. The number of hydrogen-bond donors (Lipinski definition) is 2. The summed E-state index contributed by atoms with van der Waals surface area (Å²) in [6.45, 7) is 12.9. The van der Waals surface area contributed by atoms with Gasteiger partial charge in [0.1, 0.15) is 17.4 Å². The van der Waals surface area contributed by atoms with Crippen molar-refractivity contribution in [1.29, 1.82) is 0 Å². The number of nitrogens with one attached hydrogen (secondary N) is 2. The first-order valence-corrected chi connectivity index (χ1v) is 8.70. The summed E-state index contributed by atoms with van der Waals surface area (Å²) in [6, 6.07) is 7.46. The first-order valence-electron chi connectivity index (χ1n) is 8.70. The first-order chi connectivity index (χ1) is 11.5. The van der Waals surface area contributed by atoms with Crippen LogP contribution in [0.4, 0.5) is 5.82 Å². The number of aryl methyl sites for hydroxylation is 1. The van der Waals surface area contributed by atoms with Crippen molar-refractivity contribution in [3.8, 4) is 0 Å². The topological polar surface area (TPSA) is 56.8 Å². The molecule has 0 radical (unpaired) electrons. The van der Waals surface area contributed by atoms with Crippen molar-refractivity contribution in [3.63, 3.8) is 0 Å². The molecule has 0 unspecified atom stereocenters. The second-order valence-corrected chi connectivity index (χ2v) is 6.97. The van der Waals surface area contributed by atoms with E-state index < -0.39 is 0 Å². The van der Waals surface area contributed by atoms with E-state index in [9.17, 15) is 0 Å². The lowest BCUT2D eigenvalue weighted by Crippen LogP contribution is -2.40. The second-order valence-electron chi connectivity index (χ2n) is 6.97. The van der Waals surface area contributed by atoms with Crippen molar-refractivity contribution >= 4 is 27.8 Å². The predicted molar refractivity (Wildman–Crippen MR) is 102 cm³/mol. The lowest BCUT2D eigenvalue weighted by Gasteiger charge is -2.30. The van der Waals surface area contributed by atoms with Gasteiger partial charge >= 0.3 is 0 Å². The van der Waals surface area contributed by atoms with Crippen LogP contribution in [0.3, 0.4) is 0 Å². The van der Waals surface area contributed by atoms with Crippen LogP contribution in [0.15, 0.2) is 24.5 Å². The molecule has 0 aliphatic carbocycles. The lowest BCUT2D eigenvalue weighted by molar-refractivity contribution is 0.182. The summed E-state index contributed by atoms with van der Waals surface area (Å²) in [6.07, 6.45) is 1.64. The third-order valence-electron chi connectivity index (χ3n) is 4.53. The van der Waals surface area contributed by atoms with E-state index >= 15 is 0 Å². The highest BCUT2D eigenvalue weighted by Gasteiger charge is 2.14. The normalized spacial score (nSPS) is 12.2. The minimum Gasteiger partial charge on any atom is -0.367 e. The number of anilines is 1. The summed E-state index contributed by atoms with van der Waals surface area (Å²) in [5.41, 5.74) is 4.31. The fourth-order valence-electron chi connectivity index (χ4n) is 3.36. The Bertz CT molecular complexity index is 826. The summed E-state index contributed by atoms with van der Waals surface area (Å²) < 4.78 is 0. The highest BCUT2D eigenvalue weighted by molar-refractivity contribution is 6.08. The van der Waals surface area contributed by atoms with Crippen molar-refractivity contribution < 1.29 is 0 Å². The van der Waals surface area contributed by atoms with Gasteiger partial charge in [0.15, 0.2) is 5.82 Å². The molecule has 5 heteroatoms. The molecule has 1 aromatic carbocycles. The minimum atomic E-state index is 0.535. The molecule has 0 aliphatic heterocycles. The summed E-state index contributed by atoms with van der Waals surface area (Å²) in [5, 5.41) is 4.63. The Labute approximate surface area is 143 Å². The number of fused-ring (bicyclic) bond motifs is 3. The van der Waals surface area contributed by atoms with Crippen molar-refractivity contribution in [2.45, 2.75) is 46.7 Å². The summed E-state index contributed by atoms with van der Waals surface area (Å²) in [7, 11) is 0. The van der Waals surface area contributed by atoms with Crippen molar-refractivity contribution in [2.24, 2.45) is 0 Å². The van der Waals surface area contributed by atoms with Gasteiger partial charge in [-0.15, -0.1) is 0 Å². The van der Waals surface area contributed by atoms with Gasteiger partial charge < -0.3 is 10.3 Å². The molecule has 5 nitrogen and oxygen atoms in total. The summed E-state index contributed by atoms with van der Waals surface area (Å²) in [4.78, 5) is 14.8. The maximum atomic E-state index is 4.48. The van der Waals surface area contributed by atoms with E-state index in [4.69, 9.17) is 0 Å². The zero-order valence-corrected chi connectivity index (χ0v) is 15.2. The average molecular weight is 325 g/mol. The van der Waals surface area contributed by atoms with E-state index in [-0.39, 0.29) is 0 Å². The molecule has 0 spiro atoms. The van der Waals surface area contributed by atoms with Crippen LogP contribution in [0.2, 0.25) is 0 Å². The Morgan fingerprint density at radius 2 is 1.88 bits per heavy atom. The molecule has 0 amide bonds. The van der Waals surface area contributed by atoms with Gasteiger partial charge in [-0.1, -0.05) is 11.6 Å². The van der Waals surface area contributed by atoms with Crippen LogP contribution >= 0.6 is 0 Å². The van der Waals surface area contributed by atoms with Crippen molar-refractivity contribution in [3.05, 3.63) is 30.1 Å². The Kier molecular flexibility index (Phi) is 4.71. The summed E-state index contributed by atoms with van der Waals surface area (Å²) in [5.74, 6) is 0.876. The highest BCUT2D eigenvalue weighted by atomic mass is 15.2. The monoisotopic (exact) mass is 325 g/mol.